The van der Waals surface area contributed by atoms with Gasteiger partial charge >= 0.3 is 5.97 Å². The van der Waals surface area contributed by atoms with Crippen LogP contribution >= 0.6 is 0 Å². The van der Waals surface area contributed by atoms with Gasteiger partial charge in [0.15, 0.2) is 5.69 Å². The molecule has 1 aromatic heterocycles. The van der Waals surface area contributed by atoms with E-state index in [2.05, 4.69) is 4.98 Å². The maximum Gasteiger partial charge on any atom is 0.354 e. The number of hydrogen-bond donors (Lipinski definition) is 2. The van der Waals surface area contributed by atoms with Gasteiger partial charge in [0, 0.05) is 19.1 Å². The van der Waals surface area contributed by atoms with Gasteiger partial charge in [0.25, 0.3) is 0 Å². The summed E-state index contributed by atoms with van der Waals surface area (Å²) in [5.74, 6) is -0.823. The second-order valence-electron chi connectivity index (χ2n) is 2.59. The summed E-state index contributed by atoms with van der Waals surface area (Å²) in [5.41, 5.74) is -0.0495. The number of nitrogens with zero attached hydrogens (tertiary/aromatic N) is 1. The average molecular weight is 197 g/mol. The number of pyridine rings is 1. The third kappa shape index (κ3) is 3.02. The smallest absolute Gasteiger partial charge is 0.354 e. The van der Waals surface area contributed by atoms with Crippen LogP contribution in [0.1, 0.15) is 16.9 Å². The SMILES string of the molecule is O=C(O)c1cccc(OCCCO)n1. The maximum absolute atomic E-state index is 10.5. The first kappa shape index (κ1) is 10.5. The molecular formula is C9H11NO4. The summed E-state index contributed by atoms with van der Waals surface area (Å²) in [6, 6.07) is 4.52. The molecule has 0 atom stereocenters. The van der Waals surface area contributed by atoms with Crippen LogP contribution in [0, 0.1) is 0 Å². The summed E-state index contributed by atoms with van der Waals surface area (Å²) in [6.45, 7) is 0.366. The number of ether oxygens (including phenoxy) is 1. The van der Waals surface area contributed by atoms with Crippen molar-refractivity contribution in [1.82, 2.24) is 4.98 Å². The molecule has 0 amide bonds. The molecule has 0 saturated heterocycles. The van der Waals surface area contributed by atoms with Crippen molar-refractivity contribution in [2.45, 2.75) is 6.42 Å². The standard InChI is InChI=1S/C9H11NO4/c11-5-2-6-14-8-4-1-3-7(10-8)9(12)13/h1,3-4,11H,2,5-6H2,(H,12,13). The number of hydrogen-bond acceptors (Lipinski definition) is 4. The van der Waals surface area contributed by atoms with Gasteiger partial charge in [0.1, 0.15) is 0 Å². The number of aromatic carboxylic acids is 1. The van der Waals surface area contributed by atoms with Crippen molar-refractivity contribution < 1.29 is 19.7 Å². The highest BCUT2D eigenvalue weighted by Gasteiger charge is 2.04. The minimum Gasteiger partial charge on any atom is -0.478 e. The molecule has 2 N–H and O–H groups in total. The Bertz CT molecular complexity index is 313. The first-order chi connectivity index (χ1) is 6.74. The van der Waals surface area contributed by atoms with Gasteiger partial charge in [-0.25, -0.2) is 9.78 Å². The zero-order valence-corrected chi connectivity index (χ0v) is 7.51. The lowest BCUT2D eigenvalue weighted by Gasteiger charge is -2.03. The second-order valence-corrected chi connectivity index (χ2v) is 2.59. The van der Waals surface area contributed by atoms with Crippen molar-refractivity contribution in [1.29, 1.82) is 0 Å². The van der Waals surface area contributed by atoms with Crippen LogP contribution in [0.15, 0.2) is 18.2 Å². The van der Waals surface area contributed by atoms with E-state index in [0.717, 1.165) is 0 Å². The Morgan fingerprint density at radius 3 is 2.93 bits per heavy atom. The summed E-state index contributed by atoms with van der Waals surface area (Å²) < 4.78 is 5.10. The molecule has 0 saturated carbocycles. The molecule has 0 aliphatic heterocycles. The van der Waals surface area contributed by atoms with E-state index in [1.807, 2.05) is 0 Å². The summed E-state index contributed by atoms with van der Waals surface area (Å²) in [7, 11) is 0. The molecule has 1 aromatic rings. The first-order valence-electron chi connectivity index (χ1n) is 4.18. The van der Waals surface area contributed by atoms with Gasteiger partial charge in [-0.1, -0.05) is 6.07 Å². The number of carboxylic acid groups (broad SMARTS) is 1. The Morgan fingerprint density at radius 1 is 1.50 bits per heavy atom. The number of aromatic nitrogens is 1. The third-order valence-electron chi connectivity index (χ3n) is 1.50. The number of rotatable bonds is 5. The van der Waals surface area contributed by atoms with Gasteiger partial charge < -0.3 is 14.9 Å². The van der Waals surface area contributed by atoms with Crippen LogP contribution in [-0.4, -0.2) is 34.4 Å². The van der Waals surface area contributed by atoms with E-state index in [-0.39, 0.29) is 18.2 Å². The van der Waals surface area contributed by atoms with E-state index in [0.29, 0.717) is 13.0 Å². The number of carboxylic acids is 1. The molecule has 0 radical (unpaired) electrons. The highest BCUT2D eigenvalue weighted by atomic mass is 16.5. The predicted molar refractivity (Wildman–Crippen MR) is 48.4 cm³/mol. The van der Waals surface area contributed by atoms with Crippen LogP contribution in [0.4, 0.5) is 0 Å². The van der Waals surface area contributed by atoms with Crippen molar-refractivity contribution in [3.05, 3.63) is 23.9 Å². The molecule has 0 aromatic carbocycles. The lowest BCUT2D eigenvalue weighted by molar-refractivity contribution is 0.0689. The van der Waals surface area contributed by atoms with Crippen LogP contribution < -0.4 is 4.74 Å². The molecule has 0 bridgehead atoms. The Hall–Kier alpha value is -1.62. The normalized spacial score (nSPS) is 9.79. The van der Waals surface area contributed by atoms with Crippen molar-refractivity contribution in [2.75, 3.05) is 13.2 Å². The van der Waals surface area contributed by atoms with E-state index in [9.17, 15) is 4.79 Å². The van der Waals surface area contributed by atoms with Crippen LogP contribution in [0.25, 0.3) is 0 Å². The molecule has 0 unspecified atom stereocenters. The highest BCUT2D eigenvalue weighted by molar-refractivity contribution is 5.85. The molecule has 0 spiro atoms. The molecule has 14 heavy (non-hydrogen) atoms. The fourth-order valence-electron chi connectivity index (χ4n) is 0.856. The number of aliphatic hydroxyl groups excluding tert-OH is 1. The molecule has 76 valence electrons. The second kappa shape index (κ2) is 5.18. The summed E-state index contributed by atoms with van der Waals surface area (Å²) in [5, 5.41) is 17.1. The minimum absolute atomic E-state index is 0.0403. The van der Waals surface area contributed by atoms with Crippen molar-refractivity contribution in [3.8, 4) is 5.88 Å². The van der Waals surface area contributed by atoms with Gasteiger partial charge in [-0.2, -0.15) is 0 Å². The lowest BCUT2D eigenvalue weighted by Crippen LogP contribution is -2.04. The minimum atomic E-state index is -1.09. The van der Waals surface area contributed by atoms with Gasteiger partial charge in [-0.3, -0.25) is 0 Å². The van der Waals surface area contributed by atoms with Crippen LogP contribution in [0.2, 0.25) is 0 Å². The van der Waals surface area contributed by atoms with E-state index in [1.165, 1.54) is 6.07 Å². The summed E-state index contributed by atoms with van der Waals surface area (Å²) >= 11 is 0. The number of aliphatic hydroxyl groups is 1. The topological polar surface area (TPSA) is 79.7 Å². The summed E-state index contributed by atoms with van der Waals surface area (Å²) in [6.07, 6.45) is 0.499. The molecule has 0 fully saturated rings. The fourth-order valence-corrected chi connectivity index (χ4v) is 0.856. The molecular weight excluding hydrogens is 186 g/mol. The van der Waals surface area contributed by atoms with Crippen molar-refractivity contribution in [2.24, 2.45) is 0 Å². The van der Waals surface area contributed by atoms with E-state index in [4.69, 9.17) is 14.9 Å². The van der Waals surface area contributed by atoms with Gasteiger partial charge in [-0.15, -0.1) is 0 Å². The van der Waals surface area contributed by atoms with Crippen molar-refractivity contribution >= 4 is 5.97 Å². The van der Waals surface area contributed by atoms with Crippen LogP contribution in [0.5, 0.6) is 5.88 Å². The Morgan fingerprint density at radius 2 is 2.29 bits per heavy atom. The van der Waals surface area contributed by atoms with Crippen LogP contribution in [0.3, 0.4) is 0 Å². The third-order valence-corrected chi connectivity index (χ3v) is 1.50. The quantitative estimate of drug-likeness (QED) is 0.673. The highest BCUT2D eigenvalue weighted by Crippen LogP contribution is 2.07. The zero-order valence-electron chi connectivity index (χ0n) is 7.51. The zero-order chi connectivity index (χ0) is 10.4. The van der Waals surface area contributed by atoms with Gasteiger partial charge in [-0.05, 0) is 6.07 Å². The maximum atomic E-state index is 10.5. The Balaban J connectivity index is 2.59. The van der Waals surface area contributed by atoms with Gasteiger partial charge in [0.2, 0.25) is 5.88 Å². The molecule has 5 nitrogen and oxygen atoms in total. The monoisotopic (exact) mass is 197 g/mol. The molecule has 0 aliphatic rings. The first-order valence-corrected chi connectivity index (χ1v) is 4.18. The Labute approximate surface area is 81.0 Å². The van der Waals surface area contributed by atoms with Crippen LogP contribution in [-0.2, 0) is 0 Å². The molecule has 5 heteroatoms. The fraction of sp³-hybridized carbons (Fsp3) is 0.333. The molecule has 1 heterocycles. The largest absolute Gasteiger partial charge is 0.478 e. The van der Waals surface area contributed by atoms with Crippen molar-refractivity contribution in [3.63, 3.8) is 0 Å². The lowest BCUT2D eigenvalue weighted by atomic mass is 10.3. The van der Waals surface area contributed by atoms with E-state index >= 15 is 0 Å². The Kier molecular flexibility index (Phi) is 3.87. The van der Waals surface area contributed by atoms with E-state index in [1.54, 1.807) is 12.1 Å². The predicted octanol–water partition coefficient (Wildman–Crippen LogP) is 0.541. The van der Waals surface area contributed by atoms with E-state index < -0.39 is 5.97 Å². The number of carbonyl (C=O) groups is 1. The summed E-state index contributed by atoms with van der Waals surface area (Å²) in [4.78, 5) is 14.3. The van der Waals surface area contributed by atoms with Gasteiger partial charge in [0.05, 0.1) is 6.61 Å². The molecule has 1 rings (SSSR count). The molecule has 0 aliphatic carbocycles. The average Bonchev–Trinajstić information content (AvgIpc) is 2.19.